The number of nitrogens with zero attached hydrogens (tertiary/aromatic N) is 11. The zero-order valence-electron chi connectivity index (χ0n) is 40.0. The summed E-state index contributed by atoms with van der Waals surface area (Å²) < 4.78 is 0. The quantitative estimate of drug-likeness (QED) is 0.0110. The molecule has 386 valence electrons. The number of halogens is 3. The van der Waals surface area contributed by atoms with Crippen molar-refractivity contribution in [3.05, 3.63) is 150 Å². The highest BCUT2D eigenvalue weighted by Gasteiger charge is 2.19. The second-order valence-electron chi connectivity index (χ2n) is 16.0. The summed E-state index contributed by atoms with van der Waals surface area (Å²) in [5, 5.41) is 31.6. The van der Waals surface area contributed by atoms with Crippen molar-refractivity contribution in [2.24, 2.45) is 5.73 Å². The molecule has 3 heterocycles. The minimum absolute atomic E-state index is 0.0336. The SMILES string of the molecule is CC(=O)N(CCCc1nc(NCCNc2nc(NCCNc3nc(NCCN)nc(SCc4ccc(Cl)cc4)n3)nc(SCc3ccc(Cl)cc3)n2)nc(SCc2ccc(Cl)cc2)n1)Cc1ccccc1[N+](=O)[O-]. The molecule has 20 nitrogen and oxygen atoms in total. The number of rotatable bonds is 29. The van der Waals surface area contributed by atoms with Gasteiger partial charge in [0, 0.05) is 103 Å². The van der Waals surface area contributed by atoms with E-state index in [0.29, 0.717) is 148 Å². The van der Waals surface area contributed by atoms with Crippen molar-refractivity contribution >= 4 is 111 Å². The van der Waals surface area contributed by atoms with Gasteiger partial charge in [0.1, 0.15) is 5.82 Å². The zero-order chi connectivity index (χ0) is 52.1. The molecule has 7 N–H and O–H groups in total. The molecule has 7 aromatic rings. The topological polar surface area (TPSA) is 266 Å². The maximum absolute atomic E-state index is 12.7. The first-order valence-corrected chi connectivity index (χ1v) is 27.3. The van der Waals surface area contributed by atoms with Crippen LogP contribution in [-0.2, 0) is 35.0 Å². The molecule has 0 spiro atoms. The van der Waals surface area contributed by atoms with E-state index in [1.54, 1.807) is 23.1 Å². The molecule has 0 bridgehead atoms. The van der Waals surface area contributed by atoms with Crippen LogP contribution in [0.2, 0.25) is 15.1 Å². The summed E-state index contributed by atoms with van der Waals surface area (Å²) in [6.07, 6.45) is 0.929. The predicted molar refractivity (Wildman–Crippen MR) is 297 cm³/mol. The van der Waals surface area contributed by atoms with Crippen LogP contribution >= 0.6 is 70.1 Å². The van der Waals surface area contributed by atoms with E-state index in [4.69, 9.17) is 65.5 Å². The maximum Gasteiger partial charge on any atom is 0.274 e. The van der Waals surface area contributed by atoms with E-state index in [-0.39, 0.29) is 18.1 Å². The summed E-state index contributed by atoms with van der Waals surface area (Å²) in [5.41, 5.74) is 9.34. The molecule has 0 unspecified atom stereocenters. The van der Waals surface area contributed by atoms with E-state index in [1.165, 1.54) is 48.3 Å². The van der Waals surface area contributed by atoms with Gasteiger partial charge < -0.3 is 37.2 Å². The van der Waals surface area contributed by atoms with Crippen molar-refractivity contribution < 1.29 is 9.72 Å². The first-order chi connectivity index (χ1) is 35.9. The molecule has 26 heteroatoms. The van der Waals surface area contributed by atoms with Gasteiger partial charge in [0.2, 0.25) is 35.6 Å². The zero-order valence-corrected chi connectivity index (χ0v) is 44.7. The average Bonchev–Trinajstić information content (AvgIpc) is 3.39. The van der Waals surface area contributed by atoms with Crippen LogP contribution in [0.4, 0.5) is 35.4 Å². The van der Waals surface area contributed by atoms with Crippen LogP contribution in [0.3, 0.4) is 0 Å². The summed E-state index contributed by atoms with van der Waals surface area (Å²) >= 11 is 22.7. The number of aryl methyl sites for hydroxylation is 1. The van der Waals surface area contributed by atoms with Crippen molar-refractivity contribution in [1.82, 2.24) is 49.8 Å². The first-order valence-electron chi connectivity index (χ1n) is 23.2. The Hall–Kier alpha value is -6.34. The molecule has 0 aliphatic heterocycles. The van der Waals surface area contributed by atoms with Gasteiger partial charge in [-0.15, -0.1) is 0 Å². The number of carbonyl (C=O) groups excluding carboxylic acids is 1. The number of hydrogen-bond acceptors (Lipinski definition) is 21. The standard InChI is InChI=1S/C48H52Cl3N17O3S3/c1-31(69)67(27-35-5-2-3-6-39(35)68(70)71)26-4-7-40-58-41(62-46(59-40)72-28-32-8-14-36(49)15-9-32)54-22-23-55-44-61-45(66-48(65-44)74-30-34-12-18-38(51)19-13-34)57-25-24-56-43-60-42(53-21-20-52)63-47(64-43)73-29-33-10-16-37(50)17-11-33/h2-3,5-6,8-19H,4,7,20-30,52H2,1H3,(H,54,58,59,62)(H2,53,56,60,63,64)(H2,55,57,61,65,66). The highest BCUT2D eigenvalue weighted by atomic mass is 35.5. The van der Waals surface area contributed by atoms with Gasteiger partial charge in [-0.25, -0.2) is 4.98 Å². The van der Waals surface area contributed by atoms with Crippen molar-refractivity contribution in [2.75, 3.05) is 72.4 Å². The Bertz CT molecular complexity index is 2940. The second-order valence-corrected chi connectivity index (χ2v) is 20.1. The Kier molecular flexibility index (Phi) is 21.7. The summed E-state index contributed by atoms with van der Waals surface area (Å²) in [6.45, 7) is 4.43. The van der Waals surface area contributed by atoms with Crippen molar-refractivity contribution in [2.45, 2.75) is 59.0 Å². The lowest BCUT2D eigenvalue weighted by Gasteiger charge is -2.21. The highest BCUT2D eigenvalue weighted by Crippen LogP contribution is 2.26. The third-order valence-corrected chi connectivity index (χ3v) is 13.9. The lowest BCUT2D eigenvalue weighted by Crippen LogP contribution is -2.30. The number of hydrogen-bond donors (Lipinski definition) is 6. The molecule has 7 rings (SSSR count). The van der Waals surface area contributed by atoms with Gasteiger partial charge in [0.15, 0.2) is 15.5 Å². The van der Waals surface area contributed by atoms with Crippen LogP contribution in [0.25, 0.3) is 0 Å². The fourth-order valence-electron chi connectivity index (χ4n) is 6.68. The molecule has 0 aliphatic carbocycles. The van der Waals surface area contributed by atoms with Gasteiger partial charge in [-0.05, 0) is 59.5 Å². The fourth-order valence-corrected chi connectivity index (χ4v) is 9.45. The lowest BCUT2D eigenvalue weighted by atomic mass is 10.1. The van der Waals surface area contributed by atoms with Crippen molar-refractivity contribution in [3.8, 4) is 0 Å². The number of para-hydroxylation sites is 1. The molecule has 0 fully saturated rings. The van der Waals surface area contributed by atoms with E-state index in [2.05, 4.69) is 46.5 Å². The molecule has 3 aromatic heterocycles. The number of benzene rings is 4. The van der Waals surface area contributed by atoms with E-state index < -0.39 is 4.92 Å². The maximum atomic E-state index is 12.7. The molecular formula is C48H52Cl3N17O3S3. The van der Waals surface area contributed by atoms with Crippen LogP contribution in [-0.4, -0.2) is 106 Å². The Morgan fingerprint density at radius 3 is 1.36 bits per heavy atom. The number of carbonyl (C=O) groups is 1. The molecule has 4 aromatic carbocycles. The van der Waals surface area contributed by atoms with Crippen molar-refractivity contribution in [1.29, 1.82) is 0 Å². The molecule has 0 saturated heterocycles. The number of nitrogens with one attached hydrogen (secondary N) is 5. The third kappa shape index (κ3) is 18.5. The molecule has 74 heavy (non-hydrogen) atoms. The predicted octanol–water partition coefficient (Wildman–Crippen LogP) is 9.39. The van der Waals surface area contributed by atoms with Gasteiger partial charge in [0.25, 0.3) is 5.69 Å². The van der Waals surface area contributed by atoms with Gasteiger partial charge in [0.05, 0.1) is 11.5 Å². The monoisotopic (exact) mass is 1120 g/mol. The normalized spacial score (nSPS) is 11.0. The number of amides is 1. The fraction of sp³-hybridized carbons (Fsp3) is 0.292. The number of nitro benzene ring substituents is 1. The van der Waals surface area contributed by atoms with Crippen LogP contribution in [0.15, 0.2) is 113 Å². The van der Waals surface area contributed by atoms with Gasteiger partial charge in [-0.3, -0.25) is 14.9 Å². The highest BCUT2D eigenvalue weighted by molar-refractivity contribution is 7.98. The molecule has 1 amide bonds. The first kappa shape index (κ1) is 55.4. The minimum atomic E-state index is -0.438. The average molecular weight is 1120 g/mol. The number of anilines is 5. The largest absolute Gasteiger partial charge is 0.353 e. The number of nitrogens with two attached hydrogens (primary N) is 1. The smallest absolute Gasteiger partial charge is 0.274 e. The number of aromatic nitrogens is 9. The molecule has 0 radical (unpaired) electrons. The van der Waals surface area contributed by atoms with E-state index in [1.807, 2.05) is 72.8 Å². The van der Waals surface area contributed by atoms with Gasteiger partial charge in [-0.1, -0.05) is 125 Å². The van der Waals surface area contributed by atoms with E-state index in [9.17, 15) is 14.9 Å². The van der Waals surface area contributed by atoms with Gasteiger partial charge >= 0.3 is 0 Å². The summed E-state index contributed by atoms with van der Waals surface area (Å²) in [4.78, 5) is 67.5. The number of thioether (sulfide) groups is 3. The van der Waals surface area contributed by atoms with Crippen LogP contribution in [0.1, 0.15) is 41.4 Å². The Morgan fingerprint density at radius 1 is 0.568 bits per heavy atom. The van der Waals surface area contributed by atoms with E-state index in [0.717, 1.165) is 16.7 Å². The number of nitro groups is 1. The molecular weight excluding hydrogens is 1070 g/mol. The lowest BCUT2D eigenvalue weighted by molar-refractivity contribution is -0.385. The summed E-state index contributed by atoms with van der Waals surface area (Å²) in [6, 6.07) is 29.3. The Balaban J connectivity index is 0.991. The van der Waals surface area contributed by atoms with Crippen LogP contribution in [0.5, 0.6) is 0 Å². The van der Waals surface area contributed by atoms with Gasteiger partial charge in [-0.2, -0.15) is 39.9 Å². The van der Waals surface area contributed by atoms with E-state index >= 15 is 0 Å². The van der Waals surface area contributed by atoms with Crippen LogP contribution < -0.4 is 32.3 Å². The second kappa shape index (κ2) is 28.9. The Labute approximate surface area is 455 Å². The third-order valence-electron chi connectivity index (χ3n) is 10.4. The minimum Gasteiger partial charge on any atom is -0.353 e. The van der Waals surface area contributed by atoms with Crippen molar-refractivity contribution in [3.63, 3.8) is 0 Å². The Morgan fingerprint density at radius 2 is 0.959 bits per heavy atom. The molecule has 0 aliphatic rings. The summed E-state index contributed by atoms with van der Waals surface area (Å²) in [5.74, 6) is 4.08. The molecule has 0 atom stereocenters. The molecule has 0 saturated carbocycles. The van der Waals surface area contributed by atoms with Crippen LogP contribution in [0, 0.1) is 10.1 Å². The summed E-state index contributed by atoms with van der Waals surface area (Å²) in [7, 11) is 0.